The summed E-state index contributed by atoms with van der Waals surface area (Å²) in [7, 11) is 0. The fraction of sp³-hybridized carbons (Fsp3) is 0.196. The number of rotatable bonds is 2. The van der Waals surface area contributed by atoms with Crippen molar-refractivity contribution < 1.29 is 24.2 Å². The molecule has 0 saturated carbocycles. The van der Waals surface area contributed by atoms with Crippen molar-refractivity contribution in [2.24, 2.45) is 0 Å². The number of hydrogen-bond acceptors (Lipinski definition) is 0. The zero-order chi connectivity index (χ0) is 39.1. The van der Waals surface area contributed by atoms with Crippen LogP contribution < -0.4 is 0 Å². The van der Waals surface area contributed by atoms with Crippen LogP contribution in [-0.2, 0) is 41.5 Å². The second-order valence-electron chi connectivity index (χ2n) is 14.9. The monoisotopic (exact) mass is 820 g/mol. The van der Waals surface area contributed by atoms with E-state index in [1.165, 1.54) is 79.9 Å². The zero-order valence-corrected chi connectivity index (χ0v) is 36.2. The van der Waals surface area contributed by atoms with Gasteiger partial charge in [0.25, 0.3) is 0 Å². The van der Waals surface area contributed by atoms with E-state index in [0.717, 1.165) is 22.9 Å². The molecule has 0 bridgehead atoms. The number of hydrogen-bond donors (Lipinski definition) is 0. The van der Waals surface area contributed by atoms with Gasteiger partial charge in [-0.3, -0.25) is 6.08 Å². The van der Waals surface area contributed by atoms with Crippen molar-refractivity contribution in [3.8, 4) is 33.4 Å². The average Bonchev–Trinajstić information content (AvgIpc) is 3.88. The van der Waals surface area contributed by atoms with Gasteiger partial charge in [0, 0.05) is 0 Å². The second-order valence-corrected chi connectivity index (χ2v) is 15.7. The van der Waals surface area contributed by atoms with Gasteiger partial charge >= 0.3 is 28.4 Å². The van der Waals surface area contributed by atoms with E-state index in [-0.39, 0.29) is 10.8 Å². The minimum absolute atomic E-state index is 0.0380. The average molecular weight is 823 g/mol. The second kappa shape index (κ2) is 20.7. The van der Waals surface area contributed by atoms with Crippen LogP contribution in [0.1, 0.15) is 70.2 Å². The minimum atomic E-state index is 0.0380. The number of halogens is 2. The molecule has 0 atom stereocenters. The normalized spacial score (nSPS) is 11.9. The summed E-state index contributed by atoms with van der Waals surface area (Å²) < 4.78 is 3.34. The summed E-state index contributed by atoms with van der Waals surface area (Å²) in [6, 6.07) is 52.9. The molecule has 0 amide bonds. The van der Waals surface area contributed by atoms with E-state index in [0.29, 0.717) is 0 Å². The predicted molar refractivity (Wildman–Crippen MR) is 231 cm³/mol. The molecule has 54 heavy (non-hydrogen) atoms. The molecule has 8 rings (SSSR count). The van der Waals surface area contributed by atoms with E-state index in [2.05, 4.69) is 155 Å². The molecule has 0 heterocycles. The first-order valence-electron chi connectivity index (χ1n) is 18.1. The molecule has 0 aromatic heterocycles. The molecule has 0 radical (unpaired) electrons. The first-order valence-corrected chi connectivity index (χ1v) is 20.6. The molecule has 2 aliphatic rings. The van der Waals surface area contributed by atoms with Gasteiger partial charge in [-0.15, -0.1) is 35.2 Å². The van der Waals surface area contributed by atoms with E-state index in [9.17, 15) is 0 Å². The summed E-state index contributed by atoms with van der Waals surface area (Å²) in [6.45, 7) is 13.9. The Balaban J connectivity index is 0.000000249. The number of allylic oxidation sites excluding steroid dienone is 4. The summed E-state index contributed by atoms with van der Waals surface area (Å²) in [5.41, 5.74) is 13.5. The van der Waals surface area contributed by atoms with Crippen LogP contribution in [0.15, 0.2) is 146 Å². The van der Waals surface area contributed by atoms with Gasteiger partial charge in [0.1, 0.15) is 0 Å². The Morgan fingerprint density at radius 3 is 1.56 bits per heavy atom. The molecule has 0 saturated heterocycles. The van der Waals surface area contributed by atoms with Gasteiger partial charge in [0.15, 0.2) is 0 Å². The Labute approximate surface area is 349 Å². The molecule has 0 unspecified atom stereocenters. The van der Waals surface area contributed by atoms with Crippen molar-refractivity contribution in [1.82, 2.24) is 0 Å². The van der Waals surface area contributed by atoms with Gasteiger partial charge in [-0.05, 0) is 39.5 Å². The van der Waals surface area contributed by atoms with Gasteiger partial charge in [0.05, 0.1) is 0 Å². The predicted octanol–water partition coefficient (Wildman–Crippen LogP) is 14.5. The fourth-order valence-corrected chi connectivity index (χ4v) is 6.46. The summed E-state index contributed by atoms with van der Waals surface area (Å²) >= 11 is 12.3. The first kappa shape index (κ1) is 42.9. The van der Waals surface area contributed by atoms with Gasteiger partial charge < -0.3 is 0 Å². The van der Waals surface area contributed by atoms with Crippen molar-refractivity contribution >= 4 is 27.4 Å². The van der Waals surface area contributed by atoms with E-state index >= 15 is 0 Å². The summed E-state index contributed by atoms with van der Waals surface area (Å²) in [5.74, 6) is 0. The Morgan fingerprint density at radius 2 is 1.15 bits per heavy atom. The van der Waals surface area contributed by atoms with Crippen molar-refractivity contribution in [3.63, 3.8) is 0 Å². The molecule has 6 aromatic carbocycles. The molecule has 6 aromatic rings. The Kier molecular flexibility index (Phi) is 16.4. The maximum absolute atomic E-state index is 5.51. The van der Waals surface area contributed by atoms with Gasteiger partial charge in [-0.1, -0.05) is 141 Å². The van der Waals surface area contributed by atoms with Crippen LogP contribution in [0.3, 0.4) is 0 Å². The Hall–Kier alpha value is -3.87. The molecular formula is C51H48Cl2Zr-4. The van der Waals surface area contributed by atoms with Crippen molar-refractivity contribution in [1.29, 1.82) is 0 Å². The van der Waals surface area contributed by atoms with Crippen LogP contribution in [0, 0.1) is 24.3 Å². The van der Waals surface area contributed by atoms with Crippen LogP contribution in [0.25, 0.3) is 33.4 Å². The number of fused-ring (bicyclic) bond motifs is 3. The van der Waals surface area contributed by atoms with Gasteiger partial charge in [-0.25, -0.2) is 12.2 Å². The topological polar surface area (TPSA) is 0 Å². The summed E-state index contributed by atoms with van der Waals surface area (Å²) in [6.07, 6.45) is 10.9. The van der Waals surface area contributed by atoms with Crippen LogP contribution in [-0.4, -0.2) is 4.21 Å². The van der Waals surface area contributed by atoms with E-state index < -0.39 is 0 Å². The Bertz CT molecular complexity index is 1950. The molecule has 2 aliphatic carbocycles. The summed E-state index contributed by atoms with van der Waals surface area (Å²) in [4.78, 5) is 0. The van der Waals surface area contributed by atoms with Crippen molar-refractivity contribution in [2.45, 2.75) is 65.2 Å². The molecular weight excluding hydrogens is 775 g/mol. The number of benzene rings is 6. The zero-order valence-electron chi connectivity index (χ0n) is 32.2. The van der Waals surface area contributed by atoms with Crippen LogP contribution in [0.4, 0.5) is 0 Å². The van der Waals surface area contributed by atoms with Crippen molar-refractivity contribution in [3.05, 3.63) is 202 Å². The third-order valence-corrected chi connectivity index (χ3v) is 9.22. The first-order chi connectivity index (χ1) is 25.9. The molecule has 0 spiro atoms. The molecule has 3 heteroatoms. The molecule has 0 N–H and O–H groups in total. The van der Waals surface area contributed by atoms with Crippen LogP contribution >= 0.6 is 23.2 Å². The molecule has 0 aliphatic heterocycles. The van der Waals surface area contributed by atoms with E-state index in [1.54, 1.807) is 12.1 Å². The third-order valence-electron chi connectivity index (χ3n) is 8.75. The summed E-state index contributed by atoms with van der Waals surface area (Å²) in [5, 5.41) is 1.48. The SMILES string of the molecule is CC(C)(C)c1cc2c([c-]c1-c1ccccc1)Cc1cc(-c3ccccc3)c(C(C)(C)C)cc1-2.Clc1c[c-]ccc1.Clc1c[c-]ccc1.[C-]1=CC=CC1.[CH2]=[Zr]. The Morgan fingerprint density at radius 1 is 0.611 bits per heavy atom. The van der Waals surface area contributed by atoms with Gasteiger partial charge in [0.2, 0.25) is 0 Å². The standard InChI is InChI=1S/C33H33.2C6H4Cl.C5H5.CH2.Zr/c1-32(2,3)30-20-26-24(18-28(30)22-13-9-7-10-14-22)17-25-19-29(23-15-11-8-12-16-23)31(21-27(25)26)33(4,5)6;2*7-6-4-2-1-3-5-6;1-2-4-5-3-1;;/h7-16,18,20-21H,17H2,1-6H3;2*1-2,4-5H;1-3H,4H2;1H2;/q4*-1;;. The van der Waals surface area contributed by atoms with Crippen LogP contribution in [0.2, 0.25) is 10.0 Å². The molecule has 0 nitrogen and oxygen atoms in total. The maximum atomic E-state index is 5.51. The third kappa shape index (κ3) is 12.3. The molecule has 0 fully saturated rings. The molecule has 274 valence electrons. The van der Waals surface area contributed by atoms with Crippen LogP contribution in [0.5, 0.6) is 0 Å². The van der Waals surface area contributed by atoms with E-state index in [1.807, 2.05) is 48.6 Å². The van der Waals surface area contributed by atoms with Gasteiger partial charge in [-0.2, -0.15) is 89.9 Å². The van der Waals surface area contributed by atoms with E-state index in [4.69, 9.17) is 23.2 Å². The quantitative estimate of drug-likeness (QED) is 0.152. The fourth-order valence-electron chi connectivity index (χ4n) is 6.18. The van der Waals surface area contributed by atoms with Crippen molar-refractivity contribution in [2.75, 3.05) is 0 Å².